The van der Waals surface area contributed by atoms with Crippen LogP contribution in [0.5, 0.6) is 17.2 Å². The van der Waals surface area contributed by atoms with E-state index in [0.29, 0.717) is 36.5 Å². The molecule has 0 bridgehead atoms. The quantitative estimate of drug-likeness (QED) is 0.141. The van der Waals surface area contributed by atoms with Gasteiger partial charge in [0.2, 0.25) is 0 Å². The molecule has 3 aromatic rings. The zero-order valence-electron chi connectivity index (χ0n) is 20.3. The Morgan fingerprint density at radius 3 is 2.34 bits per heavy atom. The standard InChI is InChI=1S/C29H32O6/c1-4-21-18-25(30)12-14-27(21)35-29(32)24-10-9-23-19-26(13-11-22(23)17-24)33-15-7-5-6-8-16-34-28(31)20(2)3/h9-14,17-19,30H,2,4-8,15-16H2,1,3H3. The van der Waals surface area contributed by atoms with Crippen LogP contribution in [0.25, 0.3) is 10.8 Å². The number of unbranched alkanes of at least 4 members (excludes halogenated alkanes) is 3. The molecule has 35 heavy (non-hydrogen) atoms. The number of phenolic OH excluding ortho intramolecular Hbond substituents is 1. The first-order valence-corrected chi connectivity index (χ1v) is 11.9. The first kappa shape index (κ1) is 25.8. The van der Waals surface area contributed by atoms with Crippen LogP contribution >= 0.6 is 0 Å². The van der Waals surface area contributed by atoms with E-state index in [1.807, 2.05) is 31.2 Å². The number of aryl methyl sites for hydroxylation is 1. The van der Waals surface area contributed by atoms with Crippen molar-refractivity contribution in [2.75, 3.05) is 13.2 Å². The number of fused-ring (bicyclic) bond motifs is 1. The van der Waals surface area contributed by atoms with Crippen LogP contribution in [0, 0.1) is 0 Å². The van der Waals surface area contributed by atoms with Crippen molar-refractivity contribution in [2.24, 2.45) is 0 Å². The minimum atomic E-state index is -0.443. The van der Waals surface area contributed by atoms with E-state index in [1.54, 1.807) is 31.2 Å². The topological polar surface area (TPSA) is 82.1 Å². The molecule has 6 nitrogen and oxygen atoms in total. The van der Waals surface area contributed by atoms with Gasteiger partial charge >= 0.3 is 11.9 Å². The van der Waals surface area contributed by atoms with Crippen molar-refractivity contribution in [1.29, 1.82) is 0 Å². The van der Waals surface area contributed by atoms with Crippen LogP contribution in [0.3, 0.4) is 0 Å². The predicted octanol–water partition coefficient (Wildman–Crippen LogP) is 6.39. The highest BCUT2D eigenvalue weighted by atomic mass is 16.5. The number of esters is 2. The van der Waals surface area contributed by atoms with Crippen LogP contribution in [-0.4, -0.2) is 30.3 Å². The molecule has 0 unspecified atom stereocenters. The summed E-state index contributed by atoms with van der Waals surface area (Å²) in [5.74, 6) is 0.595. The van der Waals surface area contributed by atoms with E-state index in [1.165, 1.54) is 6.07 Å². The van der Waals surface area contributed by atoms with Crippen molar-refractivity contribution >= 4 is 22.7 Å². The highest BCUT2D eigenvalue weighted by molar-refractivity contribution is 5.96. The molecule has 184 valence electrons. The van der Waals surface area contributed by atoms with Gasteiger partial charge in [0.05, 0.1) is 18.8 Å². The van der Waals surface area contributed by atoms with Crippen LogP contribution in [0.1, 0.15) is 55.5 Å². The lowest BCUT2D eigenvalue weighted by Gasteiger charge is -2.10. The highest BCUT2D eigenvalue weighted by Crippen LogP contribution is 2.26. The smallest absolute Gasteiger partial charge is 0.343 e. The summed E-state index contributed by atoms with van der Waals surface area (Å²) < 4.78 is 16.5. The Hall–Kier alpha value is -3.80. The fourth-order valence-corrected chi connectivity index (χ4v) is 3.58. The Morgan fingerprint density at radius 1 is 0.886 bits per heavy atom. The molecule has 0 atom stereocenters. The summed E-state index contributed by atoms with van der Waals surface area (Å²) in [6.07, 6.45) is 4.33. The molecule has 0 amide bonds. The van der Waals surface area contributed by atoms with Crippen LogP contribution in [0.15, 0.2) is 66.7 Å². The summed E-state index contributed by atoms with van der Waals surface area (Å²) in [4.78, 5) is 24.0. The third-order valence-corrected chi connectivity index (χ3v) is 5.56. The van der Waals surface area contributed by atoms with Gasteiger partial charge in [0.1, 0.15) is 17.2 Å². The van der Waals surface area contributed by atoms with Crippen LogP contribution in [-0.2, 0) is 16.0 Å². The Balaban J connectivity index is 1.48. The normalized spacial score (nSPS) is 10.7. The number of hydrogen-bond donors (Lipinski definition) is 1. The Labute approximate surface area is 206 Å². The molecule has 0 fully saturated rings. The van der Waals surface area contributed by atoms with Gasteiger partial charge in [-0.1, -0.05) is 25.6 Å². The average Bonchev–Trinajstić information content (AvgIpc) is 2.85. The summed E-state index contributed by atoms with van der Waals surface area (Å²) in [5, 5.41) is 11.5. The monoisotopic (exact) mass is 476 g/mol. The number of phenols is 1. The third-order valence-electron chi connectivity index (χ3n) is 5.56. The molecule has 0 radical (unpaired) electrons. The Kier molecular flexibility index (Phi) is 9.30. The van der Waals surface area contributed by atoms with Crippen molar-refractivity contribution in [1.82, 2.24) is 0 Å². The Morgan fingerprint density at radius 2 is 1.60 bits per heavy atom. The maximum Gasteiger partial charge on any atom is 0.343 e. The van der Waals surface area contributed by atoms with Gasteiger partial charge in [-0.05, 0) is 97.8 Å². The van der Waals surface area contributed by atoms with Gasteiger partial charge in [-0.3, -0.25) is 0 Å². The summed E-state index contributed by atoms with van der Waals surface area (Å²) in [5.41, 5.74) is 1.65. The van der Waals surface area contributed by atoms with Crippen molar-refractivity contribution < 1.29 is 28.9 Å². The largest absolute Gasteiger partial charge is 0.508 e. The molecule has 0 aromatic heterocycles. The van der Waals surface area contributed by atoms with Gasteiger partial charge in [0, 0.05) is 5.57 Å². The molecule has 3 rings (SSSR count). The molecule has 1 N–H and O–H groups in total. The van der Waals surface area contributed by atoms with Gasteiger partial charge in [-0.2, -0.15) is 0 Å². The first-order valence-electron chi connectivity index (χ1n) is 11.9. The molecular formula is C29H32O6. The summed E-state index contributed by atoms with van der Waals surface area (Å²) in [6, 6.07) is 15.9. The lowest BCUT2D eigenvalue weighted by atomic mass is 10.1. The summed E-state index contributed by atoms with van der Waals surface area (Å²) in [6.45, 7) is 8.16. The van der Waals surface area contributed by atoms with Crippen LogP contribution in [0.4, 0.5) is 0 Å². The summed E-state index contributed by atoms with van der Waals surface area (Å²) in [7, 11) is 0. The van der Waals surface area contributed by atoms with Gasteiger partial charge in [0.15, 0.2) is 0 Å². The molecule has 0 aliphatic heterocycles. The fourth-order valence-electron chi connectivity index (χ4n) is 3.58. The Bertz CT molecular complexity index is 1200. The summed E-state index contributed by atoms with van der Waals surface area (Å²) >= 11 is 0. The lowest BCUT2D eigenvalue weighted by Crippen LogP contribution is -2.09. The van der Waals surface area contributed by atoms with Gasteiger partial charge in [-0.15, -0.1) is 0 Å². The van der Waals surface area contributed by atoms with Crippen molar-refractivity contribution in [3.8, 4) is 17.2 Å². The van der Waals surface area contributed by atoms with E-state index in [9.17, 15) is 14.7 Å². The van der Waals surface area contributed by atoms with E-state index in [-0.39, 0.29) is 11.7 Å². The van der Waals surface area contributed by atoms with E-state index >= 15 is 0 Å². The molecular weight excluding hydrogens is 444 g/mol. The van der Waals surface area contributed by atoms with Crippen molar-refractivity contribution in [2.45, 2.75) is 46.0 Å². The maximum absolute atomic E-state index is 12.7. The van der Waals surface area contributed by atoms with Gasteiger partial charge < -0.3 is 19.3 Å². The molecule has 0 heterocycles. The van der Waals surface area contributed by atoms with Crippen molar-refractivity contribution in [3.63, 3.8) is 0 Å². The molecule has 0 saturated carbocycles. The second-order valence-electron chi connectivity index (χ2n) is 8.44. The SMILES string of the molecule is C=C(C)C(=O)OCCCCCCOc1ccc2cc(C(=O)Oc3ccc(O)cc3CC)ccc2c1. The average molecular weight is 477 g/mol. The van der Waals surface area contributed by atoms with E-state index in [2.05, 4.69) is 6.58 Å². The molecule has 6 heteroatoms. The van der Waals surface area contributed by atoms with Crippen LogP contribution < -0.4 is 9.47 Å². The zero-order chi connectivity index (χ0) is 25.2. The molecule has 0 saturated heterocycles. The number of aromatic hydroxyl groups is 1. The number of ether oxygens (including phenoxy) is 3. The third kappa shape index (κ3) is 7.60. The first-order chi connectivity index (χ1) is 16.9. The van der Waals surface area contributed by atoms with E-state index in [4.69, 9.17) is 14.2 Å². The zero-order valence-corrected chi connectivity index (χ0v) is 20.3. The van der Waals surface area contributed by atoms with E-state index in [0.717, 1.165) is 47.8 Å². The number of hydrogen-bond acceptors (Lipinski definition) is 6. The number of carbonyl (C=O) groups is 2. The number of rotatable bonds is 12. The predicted molar refractivity (Wildman–Crippen MR) is 136 cm³/mol. The minimum absolute atomic E-state index is 0.145. The molecule has 3 aromatic carbocycles. The maximum atomic E-state index is 12.7. The number of benzene rings is 3. The van der Waals surface area contributed by atoms with Gasteiger partial charge in [-0.25, -0.2) is 9.59 Å². The molecule has 0 aliphatic carbocycles. The number of carbonyl (C=O) groups excluding carboxylic acids is 2. The molecule has 0 spiro atoms. The fraction of sp³-hybridized carbons (Fsp3) is 0.310. The second-order valence-corrected chi connectivity index (χ2v) is 8.44. The molecule has 0 aliphatic rings. The lowest BCUT2D eigenvalue weighted by molar-refractivity contribution is -0.139. The highest BCUT2D eigenvalue weighted by Gasteiger charge is 2.13. The second kappa shape index (κ2) is 12.6. The van der Waals surface area contributed by atoms with Crippen LogP contribution in [0.2, 0.25) is 0 Å². The van der Waals surface area contributed by atoms with Gasteiger partial charge in [0.25, 0.3) is 0 Å². The minimum Gasteiger partial charge on any atom is -0.508 e. The van der Waals surface area contributed by atoms with E-state index < -0.39 is 5.97 Å². The van der Waals surface area contributed by atoms with Crippen molar-refractivity contribution in [3.05, 3.63) is 77.9 Å².